The molecule has 12 heteroatoms. The number of hydrogen-bond acceptors (Lipinski definition) is 9. The van der Waals surface area contributed by atoms with E-state index in [0.717, 1.165) is 28.2 Å². The predicted octanol–water partition coefficient (Wildman–Crippen LogP) is 5.41. The Hall–Kier alpha value is -4.55. The molecule has 0 N–H and O–H groups in total. The number of methoxy groups -OCH3 is 2. The maximum absolute atomic E-state index is 13.5. The van der Waals surface area contributed by atoms with Crippen LogP contribution in [0.15, 0.2) is 72.1 Å². The van der Waals surface area contributed by atoms with Crippen LogP contribution in [0.3, 0.4) is 0 Å². The molecule has 0 bridgehead atoms. The van der Waals surface area contributed by atoms with Crippen LogP contribution in [0, 0.1) is 15.9 Å². The van der Waals surface area contributed by atoms with Crippen molar-refractivity contribution >= 4 is 28.6 Å². The summed E-state index contributed by atoms with van der Waals surface area (Å²) in [5, 5.41) is 13.6. The maximum Gasteiger partial charge on any atom is 0.273 e. The summed E-state index contributed by atoms with van der Waals surface area (Å²) in [5.74, 6) is 0.965. The Morgan fingerprint density at radius 3 is 2.30 bits per heavy atom. The Bertz CT molecular complexity index is 1570. The molecule has 230 valence electrons. The summed E-state index contributed by atoms with van der Waals surface area (Å²) >= 11 is 1.45. The van der Waals surface area contributed by atoms with E-state index >= 15 is 0 Å². The van der Waals surface area contributed by atoms with E-state index in [4.69, 9.17) is 14.5 Å². The number of benzene rings is 3. The molecule has 1 saturated heterocycles. The van der Waals surface area contributed by atoms with Crippen LogP contribution in [0.4, 0.5) is 15.8 Å². The smallest absolute Gasteiger partial charge is 0.273 e. The van der Waals surface area contributed by atoms with E-state index in [9.17, 15) is 19.3 Å². The average Bonchev–Trinajstić information content (AvgIpc) is 3.52. The summed E-state index contributed by atoms with van der Waals surface area (Å²) in [6.07, 6.45) is 0.748. The number of anilines is 1. The van der Waals surface area contributed by atoms with Gasteiger partial charge in [-0.3, -0.25) is 19.8 Å². The normalized spacial score (nSPS) is 13.3. The van der Waals surface area contributed by atoms with Crippen molar-refractivity contribution in [3.8, 4) is 11.5 Å². The van der Waals surface area contributed by atoms with Gasteiger partial charge >= 0.3 is 0 Å². The lowest BCUT2D eigenvalue weighted by molar-refractivity contribution is -0.384. The number of non-ortho nitro benzene ring substituents is 1. The van der Waals surface area contributed by atoms with Gasteiger partial charge in [-0.2, -0.15) is 0 Å². The van der Waals surface area contributed by atoms with Crippen molar-refractivity contribution in [2.24, 2.45) is 0 Å². The molecule has 1 aromatic heterocycles. The number of carbonyl (C=O) groups excluding carboxylic acids is 1. The molecule has 1 fully saturated rings. The zero-order valence-corrected chi connectivity index (χ0v) is 25.5. The number of nitrogens with zero attached hydrogens (tertiary/aromatic N) is 5. The minimum Gasteiger partial charge on any atom is -0.493 e. The van der Waals surface area contributed by atoms with Crippen LogP contribution in [-0.2, 0) is 19.5 Å². The minimum atomic E-state index is -0.414. The average molecular weight is 620 g/mol. The molecular formula is C32H34FN5O5S. The molecule has 44 heavy (non-hydrogen) atoms. The van der Waals surface area contributed by atoms with E-state index in [2.05, 4.69) is 9.80 Å². The number of aromatic nitrogens is 1. The predicted molar refractivity (Wildman–Crippen MR) is 167 cm³/mol. The lowest BCUT2D eigenvalue weighted by Crippen LogP contribution is -2.48. The topological polar surface area (TPSA) is 101 Å². The van der Waals surface area contributed by atoms with Crippen molar-refractivity contribution in [3.63, 3.8) is 0 Å². The molecule has 10 nitrogen and oxygen atoms in total. The molecule has 0 unspecified atom stereocenters. The Balaban J connectivity index is 1.22. The van der Waals surface area contributed by atoms with E-state index < -0.39 is 4.92 Å². The van der Waals surface area contributed by atoms with Gasteiger partial charge in [0, 0.05) is 62.5 Å². The molecule has 1 aliphatic heterocycles. The third kappa shape index (κ3) is 7.69. The van der Waals surface area contributed by atoms with E-state index in [-0.39, 0.29) is 17.4 Å². The van der Waals surface area contributed by atoms with E-state index in [1.54, 1.807) is 43.4 Å². The zero-order valence-electron chi connectivity index (χ0n) is 24.6. The molecule has 4 aromatic rings. The molecule has 0 aliphatic carbocycles. The van der Waals surface area contributed by atoms with Gasteiger partial charge in [0.05, 0.1) is 25.7 Å². The molecule has 0 atom stereocenters. The van der Waals surface area contributed by atoms with Crippen molar-refractivity contribution in [2.75, 3.05) is 51.8 Å². The number of thiazole rings is 1. The van der Waals surface area contributed by atoms with Gasteiger partial charge in [-0.15, -0.1) is 11.3 Å². The van der Waals surface area contributed by atoms with Crippen LogP contribution in [0.5, 0.6) is 11.5 Å². The highest BCUT2D eigenvalue weighted by atomic mass is 32.1. The van der Waals surface area contributed by atoms with Gasteiger partial charge in [-0.25, -0.2) is 9.37 Å². The van der Waals surface area contributed by atoms with Gasteiger partial charge in [-0.05, 0) is 53.9 Å². The number of piperazine rings is 1. The molecule has 2 heterocycles. The molecular weight excluding hydrogens is 585 g/mol. The molecule has 0 saturated carbocycles. The summed E-state index contributed by atoms with van der Waals surface area (Å²) in [7, 11) is 3.22. The summed E-state index contributed by atoms with van der Waals surface area (Å²) in [5.41, 5.74) is 3.45. The second-order valence-corrected chi connectivity index (χ2v) is 11.4. The lowest BCUT2D eigenvalue weighted by atomic mass is 10.1. The highest BCUT2D eigenvalue weighted by Crippen LogP contribution is 2.28. The number of nitro benzene ring substituents is 1. The van der Waals surface area contributed by atoms with Crippen LogP contribution in [-0.4, -0.2) is 72.6 Å². The van der Waals surface area contributed by atoms with Crippen LogP contribution in [0.1, 0.15) is 26.6 Å². The van der Waals surface area contributed by atoms with Gasteiger partial charge in [0.15, 0.2) is 11.5 Å². The second kappa shape index (κ2) is 14.3. The SMILES string of the molecule is COc1ccc(CCN(Cc2ccc(F)cc2)Cc2nc(C(=O)N3CCN(c4ccc([N+](=O)[O-])cc4)CC3)cs2)cc1OC. The number of halogens is 1. The van der Waals surface area contributed by atoms with Gasteiger partial charge < -0.3 is 19.3 Å². The number of amides is 1. The van der Waals surface area contributed by atoms with Crippen molar-refractivity contribution in [2.45, 2.75) is 19.5 Å². The van der Waals surface area contributed by atoms with Crippen LogP contribution < -0.4 is 14.4 Å². The lowest BCUT2D eigenvalue weighted by Gasteiger charge is -2.35. The zero-order chi connectivity index (χ0) is 31.1. The fraction of sp³-hybridized carbons (Fsp3) is 0.312. The third-order valence-electron chi connectivity index (χ3n) is 7.61. The molecule has 5 rings (SSSR count). The van der Waals surface area contributed by atoms with Crippen LogP contribution in [0.25, 0.3) is 0 Å². The number of carbonyl (C=O) groups is 1. The Morgan fingerprint density at radius 2 is 1.64 bits per heavy atom. The summed E-state index contributed by atoms with van der Waals surface area (Å²) in [6.45, 7) is 4.16. The third-order valence-corrected chi connectivity index (χ3v) is 8.44. The summed E-state index contributed by atoms with van der Waals surface area (Å²) in [4.78, 5) is 34.7. The van der Waals surface area contributed by atoms with E-state index in [1.807, 2.05) is 23.6 Å². The fourth-order valence-corrected chi connectivity index (χ4v) is 5.98. The Morgan fingerprint density at radius 1 is 0.955 bits per heavy atom. The van der Waals surface area contributed by atoms with Gasteiger partial charge in [0.25, 0.3) is 11.6 Å². The highest BCUT2D eigenvalue weighted by Gasteiger charge is 2.25. The van der Waals surface area contributed by atoms with Crippen molar-refractivity contribution in [1.82, 2.24) is 14.8 Å². The number of nitro groups is 1. The first-order valence-electron chi connectivity index (χ1n) is 14.2. The Kier molecular flexibility index (Phi) is 10.0. The maximum atomic E-state index is 13.5. The van der Waals surface area contributed by atoms with Crippen LogP contribution >= 0.6 is 11.3 Å². The fourth-order valence-electron chi connectivity index (χ4n) is 5.17. The van der Waals surface area contributed by atoms with Crippen molar-refractivity contribution < 1.29 is 23.6 Å². The van der Waals surface area contributed by atoms with Gasteiger partial charge in [-0.1, -0.05) is 18.2 Å². The standard InChI is InChI=1S/C32H34FN5O5S/c1-42-29-12-5-23(19-30(29)43-2)13-14-35(20-24-3-6-25(33)7-4-24)21-31-34-28(22-44-31)32(39)37-17-15-36(16-18-37)26-8-10-27(11-9-26)38(40)41/h3-12,19,22H,13-18,20-21H2,1-2H3. The first kappa shape index (κ1) is 30.9. The number of rotatable bonds is 12. The summed E-state index contributed by atoms with van der Waals surface area (Å²) in [6, 6.07) is 18.8. The van der Waals surface area contributed by atoms with Gasteiger partial charge in [0.1, 0.15) is 16.5 Å². The molecule has 1 aliphatic rings. The highest BCUT2D eigenvalue weighted by molar-refractivity contribution is 7.09. The summed E-state index contributed by atoms with van der Waals surface area (Å²) < 4.78 is 24.4. The molecule has 0 radical (unpaired) electrons. The van der Waals surface area contributed by atoms with Gasteiger partial charge in [0.2, 0.25) is 0 Å². The molecule has 1 amide bonds. The van der Waals surface area contributed by atoms with Crippen molar-refractivity contribution in [1.29, 1.82) is 0 Å². The number of ether oxygens (including phenoxy) is 2. The Labute approximate surface area is 259 Å². The van der Waals surface area contributed by atoms with Crippen molar-refractivity contribution in [3.05, 3.63) is 110 Å². The molecule has 0 spiro atoms. The minimum absolute atomic E-state index is 0.0547. The molecule has 3 aromatic carbocycles. The quantitative estimate of drug-likeness (QED) is 0.153. The van der Waals surface area contributed by atoms with E-state index in [1.165, 1.54) is 35.6 Å². The van der Waals surface area contributed by atoms with Crippen LogP contribution in [0.2, 0.25) is 0 Å². The number of hydrogen-bond donors (Lipinski definition) is 0. The first-order valence-corrected chi connectivity index (χ1v) is 15.1. The first-order chi connectivity index (χ1) is 21.3. The van der Waals surface area contributed by atoms with E-state index in [0.29, 0.717) is 63.0 Å². The largest absolute Gasteiger partial charge is 0.493 e. The monoisotopic (exact) mass is 619 g/mol. The second-order valence-electron chi connectivity index (χ2n) is 10.5.